The van der Waals surface area contributed by atoms with Crippen LogP contribution in [-0.2, 0) is 0 Å². The van der Waals surface area contributed by atoms with E-state index in [2.05, 4.69) is 9.97 Å². The van der Waals surface area contributed by atoms with E-state index in [1.165, 1.54) is 31.8 Å². The van der Waals surface area contributed by atoms with Gasteiger partial charge in [-0.3, -0.25) is 0 Å². The van der Waals surface area contributed by atoms with Crippen molar-refractivity contribution in [2.75, 3.05) is 14.2 Å². The highest BCUT2D eigenvalue weighted by Gasteiger charge is 2.19. The Balaban J connectivity index is 2.38. The Morgan fingerprint density at radius 2 is 2.18 bits per heavy atom. The van der Waals surface area contributed by atoms with Crippen LogP contribution in [0.4, 0.5) is 0 Å². The highest BCUT2D eigenvalue weighted by molar-refractivity contribution is 7.07. The second kappa shape index (κ2) is 5.11. The van der Waals surface area contributed by atoms with E-state index in [1.807, 2.05) is 16.8 Å². The molecular formula is C11H12N2O3S. The van der Waals surface area contributed by atoms with Crippen LogP contribution in [0.2, 0.25) is 0 Å². The van der Waals surface area contributed by atoms with Crippen molar-refractivity contribution in [3.05, 3.63) is 34.3 Å². The van der Waals surface area contributed by atoms with Crippen molar-refractivity contribution in [2.45, 2.75) is 6.10 Å². The third-order valence-corrected chi connectivity index (χ3v) is 2.97. The van der Waals surface area contributed by atoms with Crippen molar-refractivity contribution in [1.82, 2.24) is 9.97 Å². The fourth-order valence-electron chi connectivity index (χ4n) is 1.39. The molecule has 0 saturated carbocycles. The quantitative estimate of drug-likeness (QED) is 0.896. The maximum Gasteiger partial charge on any atom is 0.241 e. The first-order valence-corrected chi connectivity index (χ1v) is 5.85. The molecule has 1 atom stereocenters. The van der Waals surface area contributed by atoms with Crippen LogP contribution in [0.3, 0.4) is 0 Å². The number of hydrogen-bond acceptors (Lipinski definition) is 6. The molecule has 0 aliphatic heterocycles. The summed E-state index contributed by atoms with van der Waals surface area (Å²) in [6.07, 6.45) is 0.613. The summed E-state index contributed by atoms with van der Waals surface area (Å²) in [7, 11) is 2.98. The molecule has 2 aromatic heterocycles. The maximum atomic E-state index is 10.1. The first kappa shape index (κ1) is 11.8. The molecule has 0 radical (unpaired) electrons. The molecule has 6 heteroatoms. The Kier molecular flexibility index (Phi) is 3.55. The van der Waals surface area contributed by atoms with Crippen LogP contribution in [0, 0.1) is 0 Å². The van der Waals surface area contributed by atoms with Gasteiger partial charge in [0.25, 0.3) is 0 Å². The molecule has 2 heterocycles. The number of aliphatic hydroxyl groups is 1. The second-order valence-corrected chi connectivity index (χ2v) is 4.05. The van der Waals surface area contributed by atoms with Crippen LogP contribution >= 0.6 is 11.3 Å². The van der Waals surface area contributed by atoms with Gasteiger partial charge in [0.2, 0.25) is 11.8 Å². The molecule has 1 N–H and O–H groups in total. The lowest BCUT2D eigenvalue weighted by Gasteiger charge is -2.12. The predicted molar refractivity (Wildman–Crippen MR) is 63.5 cm³/mol. The van der Waals surface area contributed by atoms with Gasteiger partial charge < -0.3 is 14.6 Å². The Morgan fingerprint density at radius 3 is 2.76 bits per heavy atom. The molecular weight excluding hydrogens is 240 g/mol. The Labute approximate surface area is 103 Å². The van der Waals surface area contributed by atoms with Gasteiger partial charge in [-0.2, -0.15) is 16.3 Å². The van der Waals surface area contributed by atoms with Crippen molar-refractivity contribution in [1.29, 1.82) is 0 Å². The zero-order chi connectivity index (χ0) is 12.3. The van der Waals surface area contributed by atoms with Crippen LogP contribution < -0.4 is 9.47 Å². The summed E-state index contributed by atoms with van der Waals surface area (Å²) < 4.78 is 10.0. The molecule has 0 aliphatic rings. The van der Waals surface area contributed by atoms with Crippen molar-refractivity contribution in [2.24, 2.45) is 0 Å². The molecule has 2 rings (SSSR count). The summed E-state index contributed by atoms with van der Waals surface area (Å²) in [5, 5.41) is 13.9. The van der Waals surface area contributed by atoms with Gasteiger partial charge in [0.05, 0.1) is 20.4 Å². The largest absolute Gasteiger partial charge is 0.480 e. The van der Waals surface area contributed by atoms with Gasteiger partial charge in [-0.1, -0.05) is 0 Å². The third-order valence-electron chi connectivity index (χ3n) is 2.27. The molecule has 0 amide bonds. The summed E-state index contributed by atoms with van der Waals surface area (Å²) >= 11 is 1.51. The zero-order valence-electron chi connectivity index (χ0n) is 9.45. The van der Waals surface area contributed by atoms with E-state index in [-0.39, 0.29) is 5.88 Å². The van der Waals surface area contributed by atoms with Gasteiger partial charge in [0, 0.05) is 0 Å². The van der Waals surface area contributed by atoms with Crippen LogP contribution in [0.5, 0.6) is 11.8 Å². The summed E-state index contributed by atoms with van der Waals surface area (Å²) in [4.78, 5) is 8.20. The zero-order valence-corrected chi connectivity index (χ0v) is 10.3. The minimum Gasteiger partial charge on any atom is -0.480 e. The molecule has 0 aliphatic carbocycles. The van der Waals surface area contributed by atoms with Gasteiger partial charge in [0.15, 0.2) is 0 Å². The predicted octanol–water partition coefficient (Wildman–Crippen LogP) is 1.64. The number of rotatable bonds is 4. The normalized spacial score (nSPS) is 12.2. The molecule has 17 heavy (non-hydrogen) atoms. The van der Waals surface area contributed by atoms with E-state index in [0.717, 1.165) is 5.56 Å². The van der Waals surface area contributed by atoms with Gasteiger partial charge in [-0.25, -0.2) is 4.98 Å². The van der Waals surface area contributed by atoms with Gasteiger partial charge in [-0.05, 0) is 22.4 Å². The van der Waals surface area contributed by atoms with Crippen molar-refractivity contribution < 1.29 is 14.6 Å². The number of nitrogens with zero attached hydrogens (tertiary/aromatic N) is 2. The number of aromatic nitrogens is 2. The summed E-state index contributed by atoms with van der Waals surface area (Å²) in [6.45, 7) is 0. The van der Waals surface area contributed by atoms with E-state index in [4.69, 9.17) is 9.47 Å². The molecule has 0 aromatic carbocycles. The highest BCUT2D eigenvalue weighted by Crippen LogP contribution is 2.28. The summed E-state index contributed by atoms with van der Waals surface area (Å²) in [5.74, 6) is 0.617. The number of hydrogen-bond donors (Lipinski definition) is 1. The second-order valence-electron chi connectivity index (χ2n) is 3.27. The lowest BCUT2D eigenvalue weighted by Crippen LogP contribution is -2.06. The summed E-state index contributed by atoms with van der Waals surface area (Å²) in [6, 6.07) is 1.83. The van der Waals surface area contributed by atoms with E-state index in [9.17, 15) is 5.11 Å². The number of ether oxygens (including phenoxy) is 2. The lowest BCUT2D eigenvalue weighted by molar-refractivity contribution is 0.207. The van der Waals surface area contributed by atoms with Gasteiger partial charge >= 0.3 is 0 Å². The van der Waals surface area contributed by atoms with Crippen molar-refractivity contribution >= 4 is 11.3 Å². The van der Waals surface area contributed by atoms with Gasteiger partial charge in [0.1, 0.15) is 11.8 Å². The van der Waals surface area contributed by atoms with Crippen molar-refractivity contribution in [3.8, 4) is 11.8 Å². The van der Waals surface area contributed by atoms with E-state index in [1.54, 1.807) is 0 Å². The third kappa shape index (κ3) is 2.37. The van der Waals surface area contributed by atoms with E-state index in [0.29, 0.717) is 11.6 Å². The molecule has 5 nitrogen and oxygen atoms in total. The Hall–Kier alpha value is -1.66. The van der Waals surface area contributed by atoms with Crippen molar-refractivity contribution in [3.63, 3.8) is 0 Å². The fraction of sp³-hybridized carbons (Fsp3) is 0.273. The first-order chi connectivity index (χ1) is 8.26. The molecule has 0 fully saturated rings. The Bertz CT molecular complexity index is 487. The molecule has 1 unspecified atom stereocenters. The minimum absolute atomic E-state index is 0.267. The smallest absolute Gasteiger partial charge is 0.241 e. The average molecular weight is 252 g/mol. The maximum absolute atomic E-state index is 10.1. The fourth-order valence-corrected chi connectivity index (χ4v) is 2.07. The minimum atomic E-state index is -0.838. The number of thiophene rings is 1. The summed E-state index contributed by atoms with van der Waals surface area (Å²) in [5.41, 5.74) is 1.15. The number of methoxy groups -OCH3 is 2. The van der Waals surface area contributed by atoms with Crippen LogP contribution in [-0.4, -0.2) is 29.3 Å². The van der Waals surface area contributed by atoms with Crippen LogP contribution in [0.25, 0.3) is 0 Å². The van der Waals surface area contributed by atoms with Gasteiger partial charge in [-0.15, -0.1) is 0 Å². The van der Waals surface area contributed by atoms with Crippen LogP contribution in [0.1, 0.15) is 17.4 Å². The molecule has 0 bridgehead atoms. The topological polar surface area (TPSA) is 64.5 Å². The highest BCUT2D eigenvalue weighted by atomic mass is 32.1. The number of aliphatic hydroxyl groups excluding tert-OH is 1. The monoisotopic (exact) mass is 252 g/mol. The standard InChI is InChI=1S/C11H12N2O3S/c1-15-8-5-12-9(11(13-8)16-2)10(14)7-3-4-17-6-7/h3-6,10,14H,1-2H3. The van der Waals surface area contributed by atoms with Crippen LogP contribution in [0.15, 0.2) is 23.0 Å². The Morgan fingerprint density at radius 1 is 1.35 bits per heavy atom. The SMILES string of the molecule is COc1cnc(C(O)c2ccsc2)c(OC)n1. The average Bonchev–Trinajstić information content (AvgIpc) is 2.91. The van der Waals surface area contributed by atoms with E-state index < -0.39 is 6.10 Å². The molecule has 0 spiro atoms. The molecule has 0 saturated heterocycles. The molecule has 90 valence electrons. The lowest BCUT2D eigenvalue weighted by atomic mass is 10.1. The molecule has 2 aromatic rings. The van der Waals surface area contributed by atoms with E-state index >= 15 is 0 Å². The first-order valence-electron chi connectivity index (χ1n) is 4.91.